The summed E-state index contributed by atoms with van der Waals surface area (Å²) in [4.78, 5) is 13.7. The Kier molecular flexibility index (Phi) is 3.39. The van der Waals surface area contributed by atoms with E-state index in [9.17, 15) is 10.1 Å². The number of benzene rings is 1. The molecule has 0 saturated heterocycles. The molecule has 0 aliphatic heterocycles. The molecule has 7 nitrogen and oxygen atoms in total. The lowest BCUT2D eigenvalue weighted by Crippen LogP contribution is -2.24. The maximum absolute atomic E-state index is 10.7. The SMILES string of the molecule is [C-]#[N+]c1c(-c2ccc([N+](=O)[O-])cc2)nn(C(C)(C)C)c1N. The number of rotatable bonds is 2. The molecule has 0 aliphatic carbocycles. The van der Waals surface area contributed by atoms with Gasteiger partial charge in [-0.3, -0.25) is 14.8 Å². The number of nitrogens with two attached hydrogens (primary N) is 1. The van der Waals surface area contributed by atoms with Crippen LogP contribution in [0.4, 0.5) is 17.2 Å². The maximum Gasteiger partial charge on any atom is 0.269 e. The second kappa shape index (κ2) is 4.90. The number of nitrogens with zero attached hydrogens (tertiary/aromatic N) is 4. The van der Waals surface area contributed by atoms with Gasteiger partial charge in [-0.05, 0) is 38.5 Å². The molecule has 0 amide bonds. The second-order valence-corrected chi connectivity index (χ2v) is 5.58. The predicted octanol–water partition coefficient (Wildman–Crippen LogP) is 3.35. The van der Waals surface area contributed by atoms with Gasteiger partial charge >= 0.3 is 0 Å². The van der Waals surface area contributed by atoms with Crippen LogP contribution in [-0.4, -0.2) is 14.7 Å². The lowest BCUT2D eigenvalue weighted by atomic mass is 10.1. The first-order valence-corrected chi connectivity index (χ1v) is 6.27. The molecule has 2 N–H and O–H groups in total. The second-order valence-electron chi connectivity index (χ2n) is 5.58. The highest BCUT2D eigenvalue weighted by Gasteiger charge is 2.24. The van der Waals surface area contributed by atoms with Crippen LogP contribution in [0.25, 0.3) is 16.1 Å². The number of nitro groups is 1. The molecule has 0 fully saturated rings. The van der Waals surface area contributed by atoms with E-state index in [4.69, 9.17) is 12.3 Å². The summed E-state index contributed by atoms with van der Waals surface area (Å²) in [6.07, 6.45) is 0. The molecule has 2 rings (SSSR count). The summed E-state index contributed by atoms with van der Waals surface area (Å²) in [7, 11) is 0. The molecule has 1 heterocycles. The van der Waals surface area contributed by atoms with Gasteiger partial charge in [0.05, 0.1) is 17.0 Å². The van der Waals surface area contributed by atoms with Gasteiger partial charge in [0.15, 0.2) is 0 Å². The van der Waals surface area contributed by atoms with E-state index in [2.05, 4.69) is 9.94 Å². The van der Waals surface area contributed by atoms with E-state index in [1.165, 1.54) is 12.1 Å². The average molecular weight is 285 g/mol. The van der Waals surface area contributed by atoms with Crippen LogP contribution in [-0.2, 0) is 5.54 Å². The van der Waals surface area contributed by atoms with Crippen LogP contribution in [0.15, 0.2) is 24.3 Å². The standard InChI is InChI=1S/C14H15N5O2/c1-14(2,3)18-13(15)12(16-4)11(17-18)9-5-7-10(8-6-9)19(20)21/h5-8H,15H2,1-3H3. The minimum Gasteiger partial charge on any atom is -0.393 e. The summed E-state index contributed by atoms with van der Waals surface area (Å²) in [6.45, 7) is 13.1. The third kappa shape index (κ3) is 2.56. The zero-order valence-corrected chi connectivity index (χ0v) is 12.0. The third-order valence-electron chi connectivity index (χ3n) is 2.99. The van der Waals surface area contributed by atoms with Gasteiger partial charge in [0.1, 0.15) is 11.5 Å². The fraction of sp³-hybridized carbons (Fsp3) is 0.286. The molecule has 0 radical (unpaired) electrons. The van der Waals surface area contributed by atoms with Gasteiger partial charge in [-0.1, -0.05) is 0 Å². The average Bonchev–Trinajstić information content (AvgIpc) is 2.75. The summed E-state index contributed by atoms with van der Waals surface area (Å²) >= 11 is 0. The molecule has 7 heteroatoms. The van der Waals surface area contributed by atoms with E-state index in [0.717, 1.165) is 0 Å². The van der Waals surface area contributed by atoms with Gasteiger partial charge in [-0.2, -0.15) is 5.10 Å². The van der Waals surface area contributed by atoms with Crippen molar-refractivity contribution in [2.75, 3.05) is 5.73 Å². The van der Waals surface area contributed by atoms with E-state index < -0.39 is 4.92 Å². The van der Waals surface area contributed by atoms with Crippen molar-refractivity contribution in [3.8, 4) is 11.3 Å². The summed E-state index contributed by atoms with van der Waals surface area (Å²) in [6, 6.07) is 5.91. The molecule has 0 unspecified atom stereocenters. The summed E-state index contributed by atoms with van der Waals surface area (Å²) in [5.41, 5.74) is 6.95. The van der Waals surface area contributed by atoms with Crippen molar-refractivity contribution in [1.82, 2.24) is 9.78 Å². The number of hydrogen-bond donors (Lipinski definition) is 1. The minimum atomic E-state index is -0.471. The normalized spacial score (nSPS) is 11.1. The lowest BCUT2D eigenvalue weighted by Gasteiger charge is -2.21. The van der Waals surface area contributed by atoms with Crippen molar-refractivity contribution >= 4 is 17.2 Å². The van der Waals surface area contributed by atoms with E-state index in [1.54, 1.807) is 16.8 Å². The van der Waals surface area contributed by atoms with Gasteiger partial charge in [-0.25, -0.2) is 4.85 Å². The molecule has 0 spiro atoms. The zero-order valence-electron chi connectivity index (χ0n) is 12.0. The predicted molar refractivity (Wildman–Crippen MR) is 80.0 cm³/mol. The molecule has 1 aromatic heterocycles. The molecule has 21 heavy (non-hydrogen) atoms. The van der Waals surface area contributed by atoms with Crippen molar-refractivity contribution in [2.45, 2.75) is 26.3 Å². The summed E-state index contributed by atoms with van der Waals surface area (Å²) in [5, 5.41) is 15.1. The third-order valence-corrected chi connectivity index (χ3v) is 2.99. The van der Waals surface area contributed by atoms with Crippen LogP contribution in [0.3, 0.4) is 0 Å². The number of aromatic nitrogens is 2. The first-order chi connectivity index (χ1) is 9.75. The molecule has 2 aromatic rings. The Labute approximate surface area is 122 Å². The van der Waals surface area contributed by atoms with Gasteiger partial charge in [0.25, 0.3) is 11.4 Å². The highest BCUT2D eigenvalue weighted by molar-refractivity contribution is 5.83. The molecule has 0 bridgehead atoms. The van der Waals surface area contributed by atoms with Crippen molar-refractivity contribution in [2.24, 2.45) is 0 Å². The maximum atomic E-state index is 10.7. The molecule has 108 valence electrons. The van der Waals surface area contributed by atoms with Crippen molar-refractivity contribution < 1.29 is 4.92 Å². The Balaban J connectivity index is 2.59. The van der Waals surface area contributed by atoms with Gasteiger partial charge in [-0.15, -0.1) is 0 Å². The quantitative estimate of drug-likeness (QED) is 0.520. The van der Waals surface area contributed by atoms with E-state index in [1.807, 2.05) is 20.8 Å². The Bertz CT molecular complexity index is 732. The fourth-order valence-corrected chi connectivity index (χ4v) is 1.98. The Hall–Kier alpha value is -2.88. The smallest absolute Gasteiger partial charge is 0.269 e. The number of hydrogen-bond acceptors (Lipinski definition) is 4. The summed E-state index contributed by atoms with van der Waals surface area (Å²) < 4.78 is 1.59. The fourth-order valence-electron chi connectivity index (χ4n) is 1.98. The van der Waals surface area contributed by atoms with E-state index >= 15 is 0 Å². The monoisotopic (exact) mass is 285 g/mol. The Morgan fingerprint density at radius 1 is 1.33 bits per heavy atom. The molecule has 0 saturated carbocycles. The number of nitrogen functional groups attached to an aromatic ring is 1. The molecule has 0 atom stereocenters. The molecule has 0 aliphatic rings. The number of non-ortho nitro benzene ring substituents is 1. The molecular formula is C14H15N5O2. The Morgan fingerprint density at radius 3 is 2.33 bits per heavy atom. The minimum absolute atomic E-state index is 0.00802. The van der Waals surface area contributed by atoms with E-state index in [0.29, 0.717) is 17.1 Å². The van der Waals surface area contributed by atoms with Crippen LogP contribution < -0.4 is 5.73 Å². The van der Waals surface area contributed by atoms with Gasteiger partial charge in [0, 0.05) is 12.1 Å². The molecular weight excluding hydrogens is 270 g/mol. The van der Waals surface area contributed by atoms with Gasteiger partial charge in [0.2, 0.25) is 0 Å². The largest absolute Gasteiger partial charge is 0.393 e. The van der Waals surface area contributed by atoms with Crippen LogP contribution >= 0.6 is 0 Å². The Morgan fingerprint density at radius 2 is 1.90 bits per heavy atom. The number of anilines is 1. The van der Waals surface area contributed by atoms with Crippen molar-refractivity contribution in [1.29, 1.82) is 0 Å². The van der Waals surface area contributed by atoms with E-state index in [-0.39, 0.29) is 16.9 Å². The first kappa shape index (κ1) is 14.5. The first-order valence-electron chi connectivity index (χ1n) is 6.27. The van der Waals surface area contributed by atoms with Crippen LogP contribution in [0.5, 0.6) is 0 Å². The summed E-state index contributed by atoms with van der Waals surface area (Å²) in [5.74, 6) is 0.297. The van der Waals surface area contributed by atoms with Crippen molar-refractivity contribution in [3.05, 3.63) is 45.8 Å². The molecule has 1 aromatic carbocycles. The van der Waals surface area contributed by atoms with Crippen LogP contribution in [0.1, 0.15) is 20.8 Å². The lowest BCUT2D eigenvalue weighted by molar-refractivity contribution is -0.384. The van der Waals surface area contributed by atoms with Crippen molar-refractivity contribution in [3.63, 3.8) is 0 Å². The highest BCUT2D eigenvalue weighted by Crippen LogP contribution is 2.37. The van der Waals surface area contributed by atoms with Crippen LogP contribution in [0, 0.1) is 16.7 Å². The number of nitro benzene ring substituents is 1. The van der Waals surface area contributed by atoms with Gasteiger partial charge < -0.3 is 5.73 Å². The zero-order chi connectivity index (χ0) is 15.8. The highest BCUT2D eigenvalue weighted by atomic mass is 16.6. The van der Waals surface area contributed by atoms with Crippen LogP contribution in [0.2, 0.25) is 0 Å². The topological polar surface area (TPSA) is 91.3 Å².